The molecule has 1 aromatic carbocycles. The van der Waals surface area contributed by atoms with Crippen molar-refractivity contribution in [3.63, 3.8) is 0 Å². The number of hydrogen-bond donors (Lipinski definition) is 0. The number of carbonyl (C=O) groups excluding carboxylic acids is 2. The van der Waals surface area contributed by atoms with E-state index in [1.807, 2.05) is 16.8 Å². The number of piperidine rings is 1. The summed E-state index contributed by atoms with van der Waals surface area (Å²) in [6.07, 6.45) is 5.53. The van der Waals surface area contributed by atoms with E-state index in [0.717, 1.165) is 45.6 Å². The standard InChI is InChI=1S/C23H35N3O2/c1-19-7-3-4-9-21(19)11-15-25-13-5-8-20(18-25)17-24(2)22(27)12-16-26-14-6-10-23(26)28/h3-4,7,9,20H,5-6,8,10-18H2,1-2H3. The summed E-state index contributed by atoms with van der Waals surface area (Å²) in [6.45, 7) is 7.74. The van der Waals surface area contributed by atoms with Crippen LogP contribution in [0.5, 0.6) is 0 Å². The Labute approximate surface area is 169 Å². The molecule has 2 aliphatic rings. The molecule has 0 radical (unpaired) electrons. The topological polar surface area (TPSA) is 43.9 Å². The van der Waals surface area contributed by atoms with Gasteiger partial charge in [-0.1, -0.05) is 24.3 Å². The van der Waals surface area contributed by atoms with Crippen molar-refractivity contribution in [2.24, 2.45) is 5.92 Å². The monoisotopic (exact) mass is 385 g/mol. The molecule has 0 aliphatic carbocycles. The summed E-state index contributed by atoms with van der Waals surface area (Å²) in [7, 11) is 1.92. The molecule has 0 bridgehead atoms. The first-order valence-corrected chi connectivity index (χ1v) is 10.8. The first kappa shape index (κ1) is 20.8. The Bertz CT molecular complexity index is 676. The van der Waals surface area contributed by atoms with E-state index in [2.05, 4.69) is 36.1 Å². The maximum atomic E-state index is 12.5. The molecule has 2 amide bonds. The normalized spacial score (nSPS) is 20.6. The van der Waals surface area contributed by atoms with Crippen LogP contribution in [0, 0.1) is 12.8 Å². The van der Waals surface area contributed by atoms with Gasteiger partial charge in [-0.25, -0.2) is 0 Å². The molecule has 0 spiro atoms. The molecule has 2 heterocycles. The Morgan fingerprint density at radius 2 is 2.00 bits per heavy atom. The van der Waals surface area contributed by atoms with Crippen LogP contribution in [0.1, 0.15) is 43.2 Å². The highest BCUT2D eigenvalue weighted by Gasteiger charge is 2.24. The van der Waals surface area contributed by atoms with Crippen molar-refractivity contribution in [3.05, 3.63) is 35.4 Å². The van der Waals surface area contributed by atoms with Crippen molar-refractivity contribution in [1.29, 1.82) is 0 Å². The van der Waals surface area contributed by atoms with Gasteiger partial charge in [0.1, 0.15) is 0 Å². The Morgan fingerprint density at radius 1 is 1.18 bits per heavy atom. The van der Waals surface area contributed by atoms with Crippen LogP contribution in [0.25, 0.3) is 0 Å². The highest BCUT2D eigenvalue weighted by molar-refractivity contribution is 5.80. The van der Waals surface area contributed by atoms with Gasteiger partial charge in [0.15, 0.2) is 0 Å². The van der Waals surface area contributed by atoms with Crippen LogP contribution in [0.3, 0.4) is 0 Å². The zero-order valence-electron chi connectivity index (χ0n) is 17.5. The third-order valence-corrected chi connectivity index (χ3v) is 6.29. The SMILES string of the molecule is Cc1ccccc1CCN1CCCC(CN(C)C(=O)CCN2CCCC2=O)C1. The average molecular weight is 386 g/mol. The zero-order chi connectivity index (χ0) is 19.9. The molecule has 5 heteroatoms. The fraction of sp³-hybridized carbons (Fsp3) is 0.652. The minimum Gasteiger partial charge on any atom is -0.345 e. The summed E-state index contributed by atoms with van der Waals surface area (Å²) in [5, 5.41) is 0. The van der Waals surface area contributed by atoms with Crippen LogP contribution in [-0.4, -0.2) is 72.8 Å². The van der Waals surface area contributed by atoms with Gasteiger partial charge >= 0.3 is 0 Å². The van der Waals surface area contributed by atoms with Gasteiger partial charge in [-0.15, -0.1) is 0 Å². The van der Waals surface area contributed by atoms with Gasteiger partial charge in [-0.3, -0.25) is 9.59 Å². The third kappa shape index (κ3) is 5.81. The number of nitrogens with zero attached hydrogens (tertiary/aromatic N) is 3. The minimum absolute atomic E-state index is 0.164. The Morgan fingerprint density at radius 3 is 2.75 bits per heavy atom. The summed E-state index contributed by atoms with van der Waals surface area (Å²) in [5.74, 6) is 0.914. The maximum Gasteiger partial charge on any atom is 0.224 e. The lowest BCUT2D eigenvalue weighted by molar-refractivity contribution is -0.132. The molecule has 0 aromatic heterocycles. The maximum absolute atomic E-state index is 12.5. The van der Waals surface area contributed by atoms with Gasteiger partial charge in [-0.05, 0) is 56.2 Å². The number of aryl methyl sites for hydroxylation is 1. The second-order valence-electron chi connectivity index (χ2n) is 8.49. The smallest absolute Gasteiger partial charge is 0.224 e. The van der Waals surface area contributed by atoms with E-state index < -0.39 is 0 Å². The van der Waals surface area contributed by atoms with E-state index in [1.165, 1.54) is 24.0 Å². The van der Waals surface area contributed by atoms with Crippen molar-refractivity contribution in [2.45, 2.75) is 45.4 Å². The number of rotatable bonds is 8. The lowest BCUT2D eigenvalue weighted by Crippen LogP contribution is -2.42. The lowest BCUT2D eigenvalue weighted by Gasteiger charge is -2.35. The lowest BCUT2D eigenvalue weighted by atomic mass is 9.96. The Hall–Kier alpha value is -1.88. The zero-order valence-corrected chi connectivity index (χ0v) is 17.5. The van der Waals surface area contributed by atoms with Gasteiger partial charge in [0.05, 0.1) is 0 Å². The van der Waals surface area contributed by atoms with Crippen LogP contribution in [-0.2, 0) is 16.0 Å². The van der Waals surface area contributed by atoms with Crippen LogP contribution >= 0.6 is 0 Å². The molecule has 0 saturated carbocycles. The fourth-order valence-electron chi connectivity index (χ4n) is 4.52. The number of hydrogen-bond acceptors (Lipinski definition) is 3. The van der Waals surface area contributed by atoms with E-state index in [9.17, 15) is 9.59 Å². The molecule has 1 unspecified atom stereocenters. The molecular weight excluding hydrogens is 350 g/mol. The molecule has 28 heavy (non-hydrogen) atoms. The van der Waals surface area contributed by atoms with E-state index in [4.69, 9.17) is 0 Å². The molecular formula is C23H35N3O2. The fourth-order valence-corrected chi connectivity index (χ4v) is 4.52. The van der Waals surface area contributed by atoms with Crippen molar-refractivity contribution in [3.8, 4) is 0 Å². The highest BCUT2D eigenvalue weighted by Crippen LogP contribution is 2.19. The van der Waals surface area contributed by atoms with E-state index in [-0.39, 0.29) is 11.8 Å². The van der Waals surface area contributed by atoms with Crippen molar-refractivity contribution < 1.29 is 9.59 Å². The molecule has 1 aromatic rings. The summed E-state index contributed by atoms with van der Waals surface area (Å²) in [4.78, 5) is 30.4. The van der Waals surface area contributed by atoms with Crippen LogP contribution < -0.4 is 0 Å². The largest absolute Gasteiger partial charge is 0.345 e. The molecule has 2 saturated heterocycles. The second kappa shape index (κ2) is 10.1. The van der Waals surface area contributed by atoms with E-state index in [1.54, 1.807) is 0 Å². The van der Waals surface area contributed by atoms with E-state index in [0.29, 0.717) is 25.3 Å². The van der Waals surface area contributed by atoms with Crippen LogP contribution in [0.2, 0.25) is 0 Å². The molecule has 1 atom stereocenters. The summed E-state index contributed by atoms with van der Waals surface area (Å²) in [6, 6.07) is 8.64. The molecule has 3 rings (SSSR count). The van der Waals surface area contributed by atoms with E-state index >= 15 is 0 Å². The molecule has 2 aliphatic heterocycles. The minimum atomic E-state index is 0.164. The quantitative estimate of drug-likeness (QED) is 0.691. The number of carbonyl (C=O) groups is 2. The van der Waals surface area contributed by atoms with Crippen molar-refractivity contribution >= 4 is 11.8 Å². The van der Waals surface area contributed by atoms with Crippen LogP contribution in [0.15, 0.2) is 24.3 Å². The summed E-state index contributed by atoms with van der Waals surface area (Å²) >= 11 is 0. The predicted octanol–water partition coefficient (Wildman–Crippen LogP) is 2.72. The summed E-state index contributed by atoms with van der Waals surface area (Å²) in [5.41, 5.74) is 2.81. The van der Waals surface area contributed by atoms with Gasteiger partial charge in [0.2, 0.25) is 11.8 Å². The number of likely N-dealkylation sites (tertiary alicyclic amines) is 2. The first-order valence-electron chi connectivity index (χ1n) is 10.8. The third-order valence-electron chi connectivity index (χ3n) is 6.29. The average Bonchev–Trinajstić information content (AvgIpc) is 3.10. The Balaban J connectivity index is 1.40. The molecule has 5 nitrogen and oxygen atoms in total. The molecule has 154 valence electrons. The van der Waals surface area contributed by atoms with Crippen LogP contribution in [0.4, 0.5) is 0 Å². The first-order chi connectivity index (χ1) is 13.5. The molecule has 2 fully saturated rings. The van der Waals surface area contributed by atoms with Gasteiger partial charge in [0, 0.05) is 52.6 Å². The van der Waals surface area contributed by atoms with Crippen molar-refractivity contribution in [1.82, 2.24) is 14.7 Å². The van der Waals surface area contributed by atoms with Crippen molar-refractivity contribution in [2.75, 3.05) is 46.3 Å². The predicted molar refractivity (Wildman–Crippen MR) is 112 cm³/mol. The molecule has 0 N–H and O–H groups in total. The Kier molecular flexibility index (Phi) is 7.49. The van der Waals surface area contributed by atoms with Gasteiger partial charge in [0.25, 0.3) is 0 Å². The van der Waals surface area contributed by atoms with Gasteiger partial charge in [-0.2, -0.15) is 0 Å². The number of benzene rings is 1. The van der Waals surface area contributed by atoms with Gasteiger partial charge < -0.3 is 14.7 Å². The summed E-state index contributed by atoms with van der Waals surface area (Å²) < 4.78 is 0. The number of amides is 2. The highest BCUT2D eigenvalue weighted by atomic mass is 16.2. The second-order valence-corrected chi connectivity index (χ2v) is 8.49.